The van der Waals surface area contributed by atoms with Crippen molar-refractivity contribution in [3.05, 3.63) is 82.4 Å². The summed E-state index contributed by atoms with van der Waals surface area (Å²) in [7, 11) is 2.73. The monoisotopic (exact) mass is 666 g/mol. The molecule has 0 atom stereocenters. The summed E-state index contributed by atoms with van der Waals surface area (Å²) in [5.74, 6) is -1.53. The number of benzene rings is 2. The Morgan fingerprint density at radius 2 is 1.47 bits per heavy atom. The normalized spacial score (nSPS) is 19.0. The van der Waals surface area contributed by atoms with Crippen molar-refractivity contribution in [3.8, 4) is 11.1 Å². The fraction of sp³-hybridized carbons (Fsp3) is 0.457. The molecule has 254 valence electrons. The van der Waals surface area contributed by atoms with Crippen LogP contribution in [-0.4, -0.2) is 31.0 Å². The van der Waals surface area contributed by atoms with Gasteiger partial charge in [-0.25, -0.2) is 4.39 Å². The minimum absolute atomic E-state index is 0.0117. The zero-order chi connectivity index (χ0) is 35.1. The number of hydrogen-bond donors (Lipinski definition) is 0. The number of hydrogen-bond acceptors (Lipinski definition) is 4. The van der Waals surface area contributed by atoms with Crippen molar-refractivity contribution < 1.29 is 45.1 Å². The number of methoxy groups -OCH3 is 1. The summed E-state index contributed by atoms with van der Waals surface area (Å²) in [6.45, 7) is 6.25. The zero-order valence-electron chi connectivity index (χ0n) is 27.0. The van der Waals surface area contributed by atoms with Crippen LogP contribution in [0.4, 0.5) is 36.4 Å². The first kappa shape index (κ1) is 35.9. The molecule has 3 aromatic rings. The van der Waals surface area contributed by atoms with Crippen molar-refractivity contribution in [1.29, 1.82) is 0 Å². The van der Waals surface area contributed by atoms with Gasteiger partial charge in [0.2, 0.25) is 5.91 Å². The van der Waals surface area contributed by atoms with Crippen LogP contribution in [0.1, 0.15) is 86.7 Å². The Morgan fingerprint density at radius 3 is 1.98 bits per heavy atom. The van der Waals surface area contributed by atoms with Crippen molar-refractivity contribution in [3.63, 3.8) is 0 Å². The molecule has 1 saturated carbocycles. The van der Waals surface area contributed by atoms with Gasteiger partial charge < -0.3 is 9.64 Å². The van der Waals surface area contributed by atoms with Crippen LogP contribution in [0, 0.1) is 18.2 Å². The third-order valence-corrected chi connectivity index (χ3v) is 9.30. The highest BCUT2D eigenvalue weighted by Crippen LogP contribution is 2.46. The summed E-state index contributed by atoms with van der Waals surface area (Å²) in [6, 6.07) is 7.08. The number of aryl methyl sites for hydroxylation is 1. The number of alkyl halides is 6. The standard InChI is InChI=1S/C35H37F7N2O3/c1-20-13-25(36)7-8-26(20)27-17-28(21-9-11-33(4,12-10-21)18-30(45)47-6)43-19-29(27)44(5)31(46)32(2,3)22-14-23(34(37,38)39)16-24(15-22)35(40,41)42/h7-8,13-17,19,21H,9-12,18H2,1-6H3. The third kappa shape index (κ3) is 7.79. The Balaban J connectivity index is 1.76. The highest BCUT2D eigenvalue weighted by Gasteiger charge is 2.42. The van der Waals surface area contributed by atoms with E-state index in [1.165, 1.54) is 46.3 Å². The van der Waals surface area contributed by atoms with E-state index in [2.05, 4.69) is 4.98 Å². The first-order valence-electron chi connectivity index (χ1n) is 15.1. The van der Waals surface area contributed by atoms with Crippen LogP contribution in [0.2, 0.25) is 0 Å². The molecule has 1 aliphatic rings. The van der Waals surface area contributed by atoms with Gasteiger partial charge in [-0.05, 0) is 105 Å². The van der Waals surface area contributed by atoms with Gasteiger partial charge in [0.15, 0.2) is 0 Å². The molecule has 0 saturated heterocycles. The second-order valence-corrected chi connectivity index (χ2v) is 13.2. The largest absolute Gasteiger partial charge is 0.469 e. The maximum Gasteiger partial charge on any atom is 0.416 e. The van der Waals surface area contributed by atoms with Gasteiger partial charge in [0.1, 0.15) is 5.82 Å². The molecule has 0 N–H and O–H groups in total. The average molecular weight is 667 g/mol. The average Bonchev–Trinajstić information content (AvgIpc) is 2.99. The van der Waals surface area contributed by atoms with E-state index >= 15 is 0 Å². The molecule has 1 aliphatic carbocycles. The van der Waals surface area contributed by atoms with Crippen molar-refractivity contribution in [2.24, 2.45) is 5.41 Å². The number of aromatic nitrogens is 1. The molecule has 0 radical (unpaired) electrons. The number of pyridine rings is 1. The molecular formula is C35H37F7N2O3. The number of nitrogens with zero attached hydrogens (tertiary/aromatic N) is 2. The highest BCUT2D eigenvalue weighted by molar-refractivity contribution is 6.03. The van der Waals surface area contributed by atoms with Crippen LogP contribution in [0.15, 0.2) is 48.7 Å². The number of halogens is 7. The molecule has 4 rings (SSSR count). The molecule has 1 fully saturated rings. The van der Waals surface area contributed by atoms with Crippen LogP contribution in [0.25, 0.3) is 11.1 Å². The van der Waals surface area contributed by atoms with Crippen LogP contribution in [0.5, 0.6) is 0 Å². The molecular weight excluding hydrogens is 629 g/mol. The maximum atomic E-state index is 14.1. The number of amides is 1. The van der Waals surface area contributed by atoms with E-state index in [-0.39, 0.29) is 29.1 Å². The van der Waals surface area contributed by atoms with Crippen molar-refractivity contribution in [2.75, 3.05) is 19.1 Å². The van der Waals surface area contributed by atoms with Crippen molar-refractivity contribution in [2.45, 2.75) is 83.5 Å². The van der Waals surface area contributed by atoms with Gasteiger partial charge in [0.05, 0.1) is 42.0 Å². The molecule has 0 bridgehead atoms. The molecule has 0 aliphatic heterocycles. The Kier molecular flexibility index (Phi) is 9.86. The summed E-state index contributed by atoms with van der Waals surface area (Å²) in [4.78, 5) is 31.8. The lowest BCUT2D eigenvalue weighted by molar-refractivity contribution is -0.144. The van der Waals surface area contributed by atoms with Crippen LogP contribution < -0.4 is 4.90 Å². The summed E-state index contributed by atoms with van der Waals surface area (Å²) < 4.78 is 101. The molecule has 5 nitrogen and oxygen atoms in total. The lowest BCUT2D eigenvalue weighted by Gasteiger charge is -2.37. The SMILES string of the molecule is COC(=O)CC1(C)CCC(c2cc(-c3ccc(F)cc3C)c(N(C)C(=O)C(C)(C)c3cc(C(F)(F)F)cc(C(F)(F)F)c3)cn2)CC1. The van der Waals surface area contributed by atoms with Gasteiger partial charge >= 0.3 is 18.3 Å². The van der Waals surface area contributed by atoms with E-state index in [1.807, 2.05) is 6.92 Å². The van der Waals surface area contributed by atoms with Gasteiger partial charge in [0.25, 0.3) is 0 Å². The van der Waals surface area contributed by atoms with E-state index in [0.29, 0.717) is 40.9 Å². The van der Waals surface area contributed by atoms with Crippen LogP contribution in [0.3, 0.4) is 0 Å². The van der Waals surface area contributed by atoms with Gasteiger partial charge in [-0.3, -0.25) is 14.6 Å². The number of esters is 1. The van der Waals surface area contributed by atoms with E-state index in [9.17, 15) is 40.3 Å². The number of carbonyl (C=O) groups is 2. The van der Waals surface area contributed by atoms with Crippen molar-refractivity contribution >= 4 is 17.6 Å². The van der Waals surface area contributed by atoms with Gasteiger partial charge in [0, 0.05) is 24.2 Å². The van der Waals surface area contributed by atoms with E-state index < -0.39 is 46.2 Å². The predicted molar refractivity (Wildman–Crippen MR) is 163 cm³/mol. The molecule has 0 unspecified atom stereocenters. The summed E-state index contributed by atoms with van der Waals surface area (Å²) >= 11 is 0. The Hall–Kier alpha value is -3.96. The molecule has 1 aromatic heterocycles. The van der Waals surface area contributed by atoms with E-state index in [4.69, 9.17) is 4.74 Å². The van der Waals surface area contributed by atoms with Crippen molar-refractivity contribution in [1.82, 2.24) is 4.98 Å². The first-order valence-corrected chi connectivity index (χ1v) is 15.1. The van der Waals surface area contributed by atoms with Crippen LogP contribution >= 0.6 is 0 Å². The summed E-state index contributed by atoms with van der Waals surface area (Å²) in [6.07, 6.45) is -5.48. The predicted octanol–water partition coefficient (Wildman–Crippen LogP) is 9.40. The Bertz CT molecular complexity index is 1620. The molecule has 2 aromatic carbocycles. The Labute approximate surface area is 269 Å². The second-order valence-electron chi connectivity index (χ2n) is 13.2. The number of rotatable bonds is 7. The topological polar surface area (TPSA) is 59.5 Å². The molecule has 0 spiro atoms. The smallest absolute Gasteiger partial charge is 0.416 e. The highest BCUT2D eigenvalue weighted by atomic mass is 19.4. The zero-order valence-corrected chi connectivity index (χ0v) is 27.0. The fourth-order valence-corrected chi connectivity index (χ4v) is 6.28. The molecule has 12 heteroatoms. The first-order chi connectivity index (χ1) is 21.7. The molecule has 47 heavy (non-hydrogen) atoms. The van der Waals surface area contributed by atoms with Crippen LogP contribution in [-0.2, 0) is 32.1 Å². The van der Waals surface area contributed by atoms with Gasteiger partial charge in [-0.15, -0.1) is 0 Å². The Morgan fingerprint density at radius 1 is 0.915 bits per heavy atom. The number of ether oxygens (including phenoxy) is 1. The lowest BCUT2D eigenvalue weighted by atomic mass is 9.69. The van der Waals surface area contributed by atoms with E-state index in [1.54, 1.807) is 19.1 Å². The third-order valence-electron chi connectivity index (χ3n) is 9.30. The fourth-order valence-electron chi connectivity index (χ4n) is 6.28. The maximum absolute atomic E-state index is 14.1. The summed E-state index contributed by atoms with van der Waals surface area (Å²) in [5.41, 5.74) is -2.98. The van der Waals surface area contributed by atoms with Gasteiger partial charge in [-0.1, -0.05) is 13.0 Å². The minimum Gasteiger partial charge on any atom is -0.469 e. The summed E-state index contributed by atoms with van der Waals surface area (Å²) in [5, 5.41) is 0. The second kappa shape index (κ2) is 12.9. The number of likely N-dealkylation sites (N-methyl/N-ethyl adjacent to an activating group) is 1. The molecule has 1 amide bonds. The minimum atomic E-state index is -5.08. The quantitative estimate of drug-likeness (QED) is 0.186. The number of carbonyl (C=O) groups excluding carboxylic acids is 2. The lowest BCUT2D eigenvalue weighted by Crippen LogP contribution is -2.42. The number of anilines is 1. The molecule has 1 heterocycles. The van der Waals surface area contributed by atoms with Gasteiger partial charge in [-0.2, -0.15) is 26.3 Å². The van der Waals surface area contributed by atoms with E-state index in [0.717, 1.165) is 30.6 Å².